The fourth-order valence-corrected chi connectivity index (χ4v) is 4.69. The van der Waals surface area contributed by atoms with Crippen LogP contribution >= 0.6 is 11.6 Å². The van der Waals surface area contributed by atoms with Crippen molar-refractivity contribution in [3.05, 3.63) is 46.6 Å². The van der Waals surface area contributed by atoms with Gasteiger partial charge < -0.3 is 10.2 Å². The summed E-state index contributed by atoms with van der Waals surface area (Å²) in [6, 6.07) is 6.52. The lowest BCUT2D eigenvalue weighted by Crippen LogP contribution is -2.39. The zero-order valence-corrected chi connectivity index (χ0v) is 17.4. The van der Waals surface area contributed by atoms with E-state index in [2.05, 4.69) is 10.4 Å². The monoisotopic (exact) mass is 440 g/mol. The van der Waals surface area contributed by atoms with Gasteiger partial charge in [0.15, 0.2) is 11.7 Å². The van der Waals surface area contributed by atoms with Gasteiger partial charge in [-0.15, -0.1) is 0 Å². The van der Waals surface area contributed by atoms with Gasteiger partial charge in [0.25, 0.3) is 5.91 Å². The molecule has 2 aliphatic rings. The lowest BCUT2D eigenvalue weighted by atomic mass is 9.94. The van der Waals surface area contributed by atoms with Crippen molar-refractivity contribution in [2.45, 2.75) is 62.8 Å². The van der Waals surface area contributed by atoms with Gasteiger partial charge in [0, 0.05) is 19.5 Å². The Hall–Kier alpha value is -2.22. The van der Waals surface area contributed by atoms with Crippen LogP contribution in [0.2, 0.25) is 5.02 Å². The van der Waals surface area contributed by atoms with Gasteiger partial charge in [0.2, 0.25) is 0 Å². The van der Waals surface area contributed by atoms with Crippen LogP contribution in [0, 0.1) is 0 Å². The fourth-order valence-electron chi connectivity index (χ4n) is 4.43. The van der Waals surface area contributed by atoms with Crippen molar-refractivity contribution < 1.29 is 18.0 Å². The van der Waals surface area contributed by atoms with Crippen LogP contribution in [-0.4, -0.2) is 39.9 Å². The quantitative estimate of drug-likeness (QED) is 0.675. The first-order valence-electron chi connectivity index (χ1n) is 10.2. The van der Waals surface area contributed by atoms with E-state index in [9.17, 15) is 18.0 Å². The molecule has 1 N–H and O–H groups in total. The number of carbonyl (C=O) groups is 1. The molecule has 1 saturated carbocycles. The highest BCUT2D eigenvalue weighted by molar-refractivity contribution is 6.36. The van der Waals surface area contributed by atoms with E-state index in [1.165, 1.54) is 0 Å². The molecule has 2 aromatic rings. The highest BCUT2D eigenvalue weighted by Gasteiger charge is 2.48. The van der Waals surface area contributed by atoms with Gasteiger partial charge >= 0.3 is 6.18 Å². The number of nitrogens with one attached hydrogen (secondary N) is 1. The summed E-state index contributed by atoms with van der Waals surface area (Å²) in [4.78, 5) is 14.6. The summed E-state index contributed by atoms with van der Waals surface area (Å²) in [7, 11) is 1.68. The zero-order valence-electron chi connectivity index (χ0n) is 16.6. The van der Waals surface area contributed by atoms with Crippen LogP contribution in [0.3, 0.4) is 0 Å². The van der Waals surface area contributed by atoms with Gasteiger partial charge in [-0.1, -0.05) is 61.2 Å². The number of halogens is 4. The Morgan fingerprint density at radius 3 is 2.50 bits per heavy atom. The fraction of sp³-hybridized carbons (Fsp3) is 0.524. The Morgan fingerprint density at radius 2 is 1.87 bits per heavy atom. The van der Waals surface area contributed by atoms with Crippen LogP contribution in [0.5, 0.6) is 0 Å². The molecule has 5 nitrogen and oxygen atoms in total. The van der Waals surface area contributed by atoms with Crippen LogP contribution in [-0.2, 0) is 0 Å². The number of aromatic nitrogens is 2. The standard InChI is InChI=1S/C21H24ClF3N4O/c1-28(14-10-6-3-7-11-14)20(30)18-17(22)19-26-15(13-8-4-2-5-9-13)12-16(21(23,24)25)29(19)27-18/h2,4-5,8-9,14-16,26H,3,6-7,10-12H2,1H3/t15-,16-/m1/s1. The smallest absolute Gasteiger partial charge is 0.362 e. The average molecular weight is 441 g/mol. The van der Waals surface area contributed by atoms with Crippen LogP contribution in [0.4, 0.5) is 19.0 Å². The van der Waals surface area contributed by atoms with Crippen molar-refractivity contribution in [2.24, 2.45) is 0 Å². The van der Waals surface area contributed by atoms with Crippen LogP contribution in [0.1, 0.15) is 66.7 Å². The second-order valence-corrected chi connectivity index (χ2v) is 8.44. The first-order valence-corrected chi connectivity index (χ1v) is 10.6. The van der Waals surface area contributed by atoms with E-state index >= 15 is 0 Å². The van der Waals surface area contributed by atoms with E-state index in [1.807, 2.05) is 6.07 Å². The molecule has 1 fully saturated rings. The molecule has 0 bridgehead atoms. The average Bonchev–Trinajstić information content (AvgIpc) is 3.09. The second-order valence-electron chi connectivity index (χ2n) is 8.06. The number of anilines is 1. The van der Waals surface area contributed by atoms with E-state index in [0.29, 0.717) is 0 Å². The van der Waals surface area contributed by atoms with E-state index in [0.717, 1.165) is 42.3 Å². The summed E-state index contributed by atoms with van der Waals surface area (Å²) in [6.45, 7) is 0. The number of benzene rings is 1. The van der Waals surface area contributed by atoms with Gasteiger partial charge in [-0.25, -0.2) is 4.68 Å². The van der Waals surface area contributed by atoms with Gasteiger partial charge in [-0.2, -0.15) is 18.3 Å². The van der Waals surface area contributed by atoms with E-state index in [1.54, 1.807) is 36.2 Å². The van der Waals surface area contributed by atoms with Gasteiger partial charge in [-0.05, 0) is 18.4 Å². The van der Waals surface area contributed by atoms with Crippen molar-refractivity contribution >= 4 is 23.3 Å². The first-order chi connectivity index (χ1) is 14.3. The Kier molecular flexibility index (Phi) is 5.70. The Labute approximate surface area is 178 Å². The lowest BCUT2D eigenvalue weighted by Gasteiger charge is -2.33. The van der Waals surface area contributed by atoms with Crippen molar-refractivity contribution in [3.8, 4) is 0 Å². The van der Waals surface area contributed by atoms with Crippen molar-refractivity contribution in [1.29, 1.82) is 0 Å². The molecule has 0 spiro atoms. The summed E-state index contributed by atoms with van der Waals surface area (Å²) in [5.41, 5.74) is 0.595. The van der Waals surface area contributed by atoms with Gasteiger partial charge in [0.1, 0.15) is 10.8 Å². The predicted molar refractivity (Wildman–Crippen MR) is 109 cm³/mol. The number of carbonyl (C=O) groups excluding carboxylic acids is 1. The number of amides is 1. The molecule has 30 heavy (non-hydrogen) atoms. The Balaban J connectivity index is 1.69. The minimum absolute atomic E-state index is 0.0412. The summed E-state index contributed by atoms with van der Waals surface area (Å²) in [5.74, 6) is -0.396. The maximum Gasteiger partial charge on any atom is 0.410 e. The molecule has 9 heteroatoms. The molecule has 0 unspecified atom stereocenters. The molecule has 0 radical (unpaired) electrons. The summed E-state index contributed by atoms with van der Waals surface area (Å²) in [6.07, 6.45) is 0.216. The van der Waals surface area contributed by atoms with Crippen LogP contribution in [0.25, 0.3) is 0 Å². The van der Waals surface area contributed by atoms with Crippen molar-refractivity contribution in [1.82, 2.24) is 14.7 Å². The third-order valence-electron chi connectivity index (χ3n) is 6.14. The molecular weight excluding hydrogens is 417 g/mol. The molecule has 0 saturated heterocycles. The summed E-state index contributed by atoms with van der Waals surface area (Å²) < 4.78 is 42.5. The van der Waals surface area contributed by atoms with Crippen molar-refractivity contribution in [2.75, 3.05) is 12.4 Å². The molecule has 1 aromatic carbocycles. The number of rotatable bonds is 3. The zero-order chi connectivity index (χ0) is 21.5. The van der Waals surface area contributed by atoms with E-state index in [4.69, 9.17) is 11.6 Å². The molecule has 162 valence electrons. The third-order valence-corrected chi connectivity index (χ3v) is 6.50. The molecule has 1 amide bonds. The summed E-state index contributed by atoms with van der Waals surface area (Å²) in [5, 5.41) is 7.07. The van der Waals surface area contributed by atoms with E-state index in [-0.39, 0.29) is 29.0 Å². The molecule has 1 aliphatic heterocycles. The molecule has 1 aliphatic carbocycles. The highest BCUT2D eigenvalue weighted by Crippen LogP contribution is 2.46. The number of nitrogens with zero attached hydrogens (tertiary/aromatic N) is 3. The van der Waals surface area contributed by atoms with Crippen LogP contribution in [0.15, 0.2) is 30.3 Å². The minimum Gasteiger partial charge on any atom is -0.362 e. The van der Waals surface area contributed by atoms with Gasteiger partial charge in [-0.3, -0.25) is 4.79 Å². The number of hydrogen-bond acceptors (Lipinski definition) is 3. The maximum atomic E-state index is 13.9. The SMILES string of the molecule is CN(C(=O)c1nn2c(c1Cl)N[C@@H](c1ccccc1)C[C@@H]2C(F)(F)F)C1CCCCC1. The second kappa shape index (κ2) is 8.13. The predicted octanol–water partition coefficient (Wildman–Crippen LogP) is 5.60. The Morgan fingerprint density at radius 1 is 1.20 bits per heavy atom. The number of hydrogen-bond donors (Lipinski definition) is 1. The highest BCUT2D eigenvalue weighted by atomic mass is 35.5. The maximum absolute atomic E-state index is 13.9. The normalized spacial score (nSPS) is 22.3. The number of fused-ring (bicyclic) bond motifs is 1. The summed E-state index contributed by atoms with van der Waals surface area (Å²) >= 11 is 6.43. The third kappa shape index (κ3) is 3.89. The molecule has 2 atom stereocenters. The molecule has 2 heterocycles. The van der Waals surface area contributed by atoms with Crippen molar-refractivity contribution in [3.63, 3.8) is 0 Å². The number of alkyl halides is 3. The van der Waals surface area contributed by atoms with E-state index < -0.39 is 24.2 Å². The molecular formula is C21H24ClF3N4O. The lowest BCUT2D eigenvalue weighted by molar-refractivity contribution is -0.173. The molecule has 1 aromatic heterocycles. The minimum atomic E-state index is -4.52. The largest absolute Gasteiger partial charge is 0.410 e. The first kappa shape index (κ1) is 21.0. The molecule has 4 rings (SSSR count). The van der Waals surface area contributed by atoms with Crippen LogP contribution < -0.4 is 5.32 Å². The Bertz CT molecular complexity index is 909. The topological polar surface area (TPSA) is 50.2 Å². The van der Waals surface area contributed by atoms with Gasteiger partial charge in [0.05, 0.1) is 6.04 Å².